The van der Waals surface area contributed by atoms with Crippen LogP contribution in [0.2, 0.25) is 5.02 Å². The largest absolute Gasteiger partial charge is 0.507 e. The van der Waals surface area contributed by atoms with Gasteiger partial charge >= 0.3 is 6.09 Å². The quantitative estimate of drug-likeness (QED) is 0.869. The van der Waals surface area contributed by atoms with Crippen LogP contribution in [0.4, 0.5) is 9.18 Å². The Kier molecular flexibility index (Phi) is 3.91. The lowest BCUT2D eigenvalue weighted by molar-refractivity contribution is 0.0515. The third-order valence-corrected chi connectivity index (χ3v) is 2.77. The molecule has 0 bridgehead atoms. The van der Waals surface area contributed by atoms with E-state index < -0.39 is 17.5 Å². The molecule has 2 aromatic rings. The number of carbonyl (C=O) groups excluding carboxylic acids is 1. The molecule has 0 saturated heterocycles. The average molecular weight is 313 g/mol. The zero-order valence-electron chi connectivity index (χ0n) is 11.7. The van der Waals surface area contributed by atoms with Crippen molar-refractivity contribution < 1.29 is 19.0 Å². The van der Waals surface area contributed by atoms with Crippen molar-refractivity contribution in [3.05, 3.63) is 35.2 Å². The van der Waals surface area contributed by atoms with Gasteiger partial charge in [-0.1, -0.05) is 11.6 Å². The third kappa shape index (κ3) is 3.52. The molecule has 21 heavy (non-hydrogen) atoms. The highest BCUT2D eigenvalue weighted by molar-refractivity contribution is 6.31. The van der Waals surface area contributed by atoms with Gasteiger partial charge in [0, 0.05) is 17.8 Å². The Balaban J connectivity index is 2.32. The molecule has 5 nitrogen and oxygen atoms in total. The van der Waals surface area contributed by atoms with E-state index in [0.717, 1.165) is 10.7 Å². The molecular formula is C14H14ClFN2O3. The van der Waals surface area contributed by atoms with Crippen molar-refractivity contribution in [2.24, 2.45) is 0 Å². The SMILES string of the molecule is CC(C)(C)OC(=O)n1ccc(-c2cc(Cl)c(F)cc2O)n1. The summed E-state index contributed by atoms with van der Waals surface area (Å²) in [5.74, 6) is -1.05. The molecule has 1 heterocycles. The van der Waals surface area contributed by atoms with E-state index in [-0.39, 0.29) is 22.0 Å². The fourth-order valence-corrected chi connectivity index (χ4v) is 1.78. The van der Waals surface area contributed by atoms with Crippen LogP contribution >= 0.6 is 11.6 Å². The number of phenols is 1. The van der Waals surface area contributed by atoms with Crippen molar-refractivity contribution >= 4 is 17.7 Å². The van der Waals surface area contributed by atoms with Gasteiger partial charge in [-0.15, -0.1) is 0 Å². The van der Waals surface area contributed by atoms with Crippen molar-refractivity contribution in [1.29, 1.82) is 0 Å². The van der Waals surface area contributed by atoms with Gasteiger partial charge in [0.1, 0.15) is 17.2 Å². The van der Waals surface area contributed by atoms with Gasteiger partial charge in [0.2, 0.25) is 0 Å². The van der Waals surface area contributed by atoms with Crippen LogP contribution < -0.4 is 0 Å². The summed E-state index contributed by atoms with van der Waals surface area (Å²) in [6, 6.07) is 3.63. The number of hydrogen-bond donors (Lipinski definition) is 1. The number of ether oxygens (including phenoxy) is 1. The normalized spacial score (nSPS) is 11.5. The molecule has 0 aliphatic rings. The Labute approximate surface area is 125 Å². The Morgan fingerprint density at radius 3 is 2.71 bits per heavy atom. The van der Waals surface area contributed by atoms with E-state index in [4.69, 9.17) is 16.3 Å². The number of benzene rings is 1. The first-order valence-electron chi connectivity index (χ1n) is 6.15. The minimum Gasteiger partial charge on any atom is -0.507 e. The van der Waals surface area contributed by atoms with E-state index in [1.807, 2.05) is 0 Å². The Bertz CT molecular complexity index is 692. The minimum atomic E-state index is -0.732. The summed E-state index contributed by atoms with van der Waals surface area (Å²) >= 11 is 5.68. The van der Waals surface area contributed by atoms with Gasteiger partial charge in [-0.3, -0.25) is 0 Å². The van der Waals surface area contributed by atoms with Crippen molar-refractivity contribution in [2.75, 3.05) is 0 Å². The molecule has 0 spiro atoms. The minimum absolute atomic E-state index is 0.144. The smallest absolute Gasteiger partial charge is 0.435 e. The first-order valence-corrected chi connectivity index (χ1v) is 6.52. The topological polar surface area (TPSA) is 64.3 Å². The summed E-state index contributed by atoms with van der Waals surface area (Å²) in [6.07, 6.45) is 0.738. The van der Waals surface area contributed by atoms with Gasteiger partial charge in [0.05, 0.1) is 10.7 Å². The lowest BCUT2D eigenvalue weighted by atomic mass is 10.1. The summed E-state index contributed by atoms with van der Waals surface area (Å²) < 4.78 is 19.4. The van der Waals surface area contributed by atoms with Gasteiger partial charge in [0.15, 0.2) is 0 Å². The summed E-state index contributed by atoms with van der Waals surface area (Å²) in [5.41, 5.74) is -0.145. The first-order chi connectivity index (χ1) is 9.67. The number of rotatable bonds is 1. The Hall–Kier alpha value is -2.08. The molecule has 2 rings (SSSR count). The molecule has 0 fully saturated rings. The zero-order chi connectivity index (χ0) is 15.8. The number of aromatic nitrogens is 2. The maximum Gasteiger partial charge on any atom is 0.435 e. The number of nitrogens with zero attached hydrogens (tertiary/aromatic N) is 2. The van der Waals surface area contributed by atoms with Crippen molar-refractivity contribution in [1.82, 2.24) is 9.78 Å². The number of carbonyl (C=O) groups is 1. The van der Waals surface area contributed by atoms with Crippen LogP contribution in [0.3, 0.4) is 0 Å². The molecule has 0 aliphatic heterocycles. The van der Waals surface area contributed by atoms with E-state index in [2.05, 4.69) is 5.10 Å². The fraction of sp³-hybridized carbons (Fsp3) is 0.286. The van der Waals surface area contributed by atoms with E-state index in [9.17, 15) is 14.3 Å². The fourth-order valence-electron chi connectivity index (χ4n) is 1.62. The maximum absolute atomic E-state index is 13.2. The van der Waals surface area contributed by atoms with Crippen LogP contribution in [0.5, 0.6) is 5.75 Å². The molecule has 0 unspecified atom stereocenters. The van der Waals surface area contributed by atoms with E-state index >= 15 is 0 Å². The molecule has 112 valence electrons. The molecule has 0 atom stereocenters. The molecular weight excluding hydrogens is 299 g/mol. The van der Waals surface area contributed by atoms with Crippen LogP contribution in [-0.4, -0.2) is 26.6 Å². The standard InChI is InChI=1S/C14H14ClFN2O3/c1-14(2,3)21-13(20)18-5-4-11(17-18)8-6-9(15)10(16)7-12(8)19/h4-7,19H,1-3H3. The van der Waals surface area contributed by atoms with Crippen LogP contribution in [0.15, 0.2) is 24.4 Å². The predicted octanol–water partition coefficient (Wildman–Crippen LogP) is 3.83. The van der Waals surface area contributed by atoms with Gasteiger partial charge in [0.25, 0.3) is 0 Å². The second-order valence-electron chi connectivity index (χ2n) is 5.41. The predicted molar refractivity (Wildman–Crippen MR) is 75.9 cm³/mol. The molecule has 1 aromatic carbocycles. The summed E-state index contributed by atoms with van der Waals surface area (Å²) in [5, 5.41) is 13.6. The molecule has 7 heteroatoms. The Morgan fingerprint density at radius 1 is 1.43 bits per heavy atom. The molecule has 1 aromatic heterocycles. The van der Waals surface area contributed by atoms with Crippen LogP contribution in [0.1, 0.15) is 20.8 Å². The van der Waals surface area contributed by atoms with Crippen molar-refractivity contribution in [2.45, 2.75) is 26.4 Å². The van der Waals surface area contributed by atoms with Gasteiger partial charge in [-0.25, -0.2) is 9.18 Å². The summed E-state index contributed by atoms with van der Waals surface area (Å²) in [6.45, 7) is 5.21. The van der Waals surface area contributed by atoms with Crippen molar-refractivity contribution in [3.8, 4) is 17.0 Å². The molecule has 0 amide bonds. The monoisotopic (exact) mass is 312 g/mol. The number of halogens is 2. The Morgan fingerprint density at radius 2 is 2.10 bits per heavy atom. The molecule has 0 radical (unpaired) electrons. The number of aromatic hydroxyl groups is 1. The molecule has 1 N–H and O–H groups in total. The highest BCUT2D eigenvalue weighted by Crippen LogP contribution is 2.32. The van der Waals surface area contributed by atoms with Crippen LogP contribution in [0.25, 0.3) is 11.3 Å². The van der Waals surface area contributed by atoms with E-state index in [1.54, 1.807) is 20.8 Å². The summed E-state index contributed by atoms with van der Waals surface area (Å²) in [4.78, 5) is 11.8. The second kappa shape index (κ2) is 5.37. The van der Waals surface area contributed by atoms with E-state index in [1.165, 1.54) is 18.3 Å². The van der Waals surface area contributed by atoms with Crippen LogP contribution in [-0.2, 0) is 4.74 Å². The molecule has 0 aliphatic carbocycles. The van der Waals surface area contributed by atoms with Gasteiger partial charge in [-0.05, 0) is 32.9 Å². The maximum atomic E-state index is 13.2. The first kappa shape index (κ1) is 15.3. The lowest BCUT2D eigenvalue weighted by Gasteiger charge is -2.18. The van der Waals surface area contributed by atoms with Crippen molar-refractivity contribution in [3.63, 3.8) is 0 Å². The highest BCUT2D eigenvalue weighted by atomic mass is 35.5. The third-order valence-electron chi connectivity index (χ3n) is 2.48. The van der Waals surface area contributed by atoms with Gasteiger partial charge < -0.3 is 9.84 Å². The lowest BCUT2D eigenvalue weighted by Crippen LogP contribution is -2.27. The van der Waals surface area contributed by atoms with Gasteiger partial charge in [-0.2, -0.15) is 9.78 Å². The second-order valence-corrected chi connectivity index (χ2v) is 5.82. The summed E-state index contributed by atoms with van der Waals surface area (Å²) in [7, 11) is 0. The molecule has 0 saturated carbocycles. The number of phenolic OH excluding ortho intramolecular Hbond substituents is 1. The van der Waals surface area contributed by atoms with Crippen LogP contribution in [0, 0.1) is 5.82 Å². The zero-order valence-corrected chi connectivity index (χ0v) is 12.5. The van der Waals surface area contributed by atoms with E-state index in [0.29, 0.717) is 0 Å². The highest BCUT2D eigenvalue weighted by Gasteiger charge is 2.19. The average Bonchev–Trinajstić information content (AvgIpc) is 2.81. The number of hydrogen-bond acceptors (Lipinski definition) is 4.